The predicted octanol–water partition coefficient (Wildman–Crippen LogP) is 3.93. The topological polar surface area (TPSA) is 58.5 Å². The standard InChI is InChI=1S/C23H17F3N4O/c24-23(25,26)19-3-1-2-14(6-19)12-30-13-18-8-20-17(7-16(18)9-21(30)31)10-27-22(20)15-4-5-28-29-11-15/h1-8,11H,9-10,12-13H2. The van der Waals surface area contributed by atoms with Crippen LogP contribution in [-0.4, -0.2) is 26.7 Å². The first-order chi connectivity index (χ1) is 14.9. The molecule has 0 fully saturated rings. The summed E-state index contributed by atoms with van der Waals surface area (Å²) in [7, 11) is 0. The molecule has 0 unspecified atom stereocenters. The molecular formula is C23H17F3N4O. The summed E-state index contributed by atoms with van der Waals surface area (Å²) in [6.07, 6.45) is -0.902. The molecule has 2 aliphatic heterocycles. The van der Waals surface area contributed by atoms with E-state index >= 15 is 0 Å². The minimum atomic E-state index is -4.41. The first kappa shape index (κ1) is 19.4. The molecule has 5 rings (SSSR count). The van der Waals surface area contributed by atoms with Crippen molar-refractivity contribution in [3.63, 3.8) is 0 Å². The third-order valence-electron chi connectivity index (χ3n) is 5.63. The molecule has 0 saturated carbocycles. The summed E-state index contributed by atoms with van der Waals surface area (Å²) in [5, 5.41) is 7.72. The molecule has 0 atom stereocenters. The van der Waals surface area contributed by atoms with Gasteiger partial charge in [0.2, 0.25) is 5.91 Å². The van der Waals surface area contributed by atoms with Gasteiger partial charge >= 0.3 is 6.18 Å². The Morgan fingerprint density at radius 2 is 1.87 bits per heavy atom. The van der Waals surface area contributed by atoms with E-state index in [0.29, 0.717) is 18.7 Å². The predicted molar refractivity (Wildman–Crippen MR) is 107 cm³/mol. The number of aliphatic imine (C=N–C) groups is 1. The second kappa shape index (κ2) is 7.30. The van der Waals surface area contributed by atoms with E-state index < -0.39 is 11.7 Å². The van der Waals surface area contributed by atoms with Crippen molar-refractivity contribution < 1.29 is 18.0 Å². The van der Waals surface area contributed by atoms with Crippen LogP contribution in [0.4, 0.5) is 13.2 Å². The average Bonchev–Trinajstić information content (AvgIpc) is 3.16. The molecule has 0 bridgehead atoms. The van der Waals surface area contributed by atoms with Gasteiger partial charge in [-0.05, 0) is 46.5 Å². The number of carbonyl (C=O) groups is 1. The molecular weight excluding hydrogens is 405 g/mol. The summed E-state index contributed by atoms with van der Waals surface area (Å²) < 4.78 is 39.1. The van der Waals surface area contributed by atoms with Crippen LogP contribution < -0.4 is 0 Å². The molecule has 2 aliphatic rings. The Kier molecular flexibility index (Phi) is 4.57. The number of alkyl halides is 3. The lowest BCUT2D eigenvalue weighted by molar-refractivity contribution is -0.137. The highest BCUT2D eigenvalue weighted by molar-refractivity contribution is 6.15. The quantitative estimate of drug-likeness (QED) is 0.643. The fourth-order valence-electron chi connectivity index (χ4n) is 4.11. The molecule has 156 valence electrons. The number of rotatable bonds is 3. The minimum Gasteiger partial charge on any atom is -0.334 e. The van der Waals surface area contributed by atoms with Crippen LogP contribution in [0.1, 0.15) is 38.9 Å². The zero-order chi connectivity index (χ0) is 21.6. The Balaban J connectivity index is 1.42. The molecule has 0 aliphatic carbocycles. The molecule has 8 heteroatoms. The molecule has 1 aromatic heterocycles. The highest BCUT2D eigenvalue weighted by Gasteiger charge is 2.31. The molecule has 5 nitrogen and oxygen atoms in total. The summed E-state index contributed by atoms with van der Waals surface area (Å²) in [5.74, 6) is -0.0951. The Labute approximate surface area is 176 Å². The zero-order valence-corrected chi connectivity index (χ0v) is 16.4. The SMILES string of the molecule is O=C1Cc2cc3c(cc2CN1Cc1cccc(C(F)(F)F)c1)C(c1ccnnc1)=NC3. The molecule has 3 heterocycles. The van der Waals surface area contributed by atoms with Crippen LogP contribution in [0.15, 0.2) is 59.9 Å². The van der Waals surface area contributed by atoms with Crippen molar-refractivity contribution in [1.29, 1.82) is 0 Å². The van der Waals surface area contributed by atoms with Crippen molar-refractivity contribution in [2.24, 2.45) is 4.99 Å². The maximum absolute atomic E-state index is 13.0. The molecule has 2 aromatic carbocycles. The molecule has 0 saturated heterocycles. The Hall–Kier alpha value is -3.55. The Morgan fingerprint density at radius 3 is 2.65 bits per heavy atom. The van der Waals surface area contributed by atoms with Gasteiger partial charge in [0.1, 0.15) is 0 Å². The third kappa shape index (κ3) is 3.69. The lowest BCUT2D eigenvalue weighted by Gasteiger charge is -2.29. The highest BCUT2D eigenvalue weighted by atomic mass is 19.4. The van der Waals surface area contributed by atoms with Gasteiger partial charge in [-0.1, -0.05) is 18.2 Å². The molecule has 0 N–H and O–H groups in total. The van der Waals surface area contributed by atoms with Gasteiger partial charge in [-0.3, -0.25) is 9.79 Å². The summed E-state index contributed by atoms with van der Waals surface area (Å²) in [6.45, 7) is 1.02. The maximum Gasteiger partial charge on any atom is 0.416 e. The van der Waals surface area contributed by atoms with E-state index in [1.54, 1.807) is 23.4 Å². The van der Waals surface area contributed by atoms with Crippen molar-refractivity contribution >= 4 is 11.6 Å². The summed E-state index contributed by atoms with van der Waals surface area (Å²) in [5.41, 5.74) is 5.47. The van der Waals surface area contributed by atoms with Crippen LogP contribution in [0.3, 0.4) is 0 Å². The number of nitrogens with zero attached hydrogens (tertiary/aromatic N) is 4. The van der Waals surface area contributed by atoms with E-state index in [0.717, 1.165) is 45.7 Å². The van der Waals surface area contributed by atoms with Crippen LogP contribution in [0.5, 0.6) is 0 Å². The van der Waals surface area contributed by atoms with Gasteiger partial charge in [-0.2, -0.15) is 23.4 Å². The van der Waals surface area contributed by atoms with Gasteiger partial charge in [0.15, 0.2) is 0 Å². The maximum atomic E-state index is 13.0. The van der Waals surface area contributed by atoms with E-state index in [1.165, 1.54) is 6.07 Å². The molecule has 31 heavy (non-hydrogen) atoms. The van der Waals surface area contributed by atoms with E-state index in [4.69, 9.17) is 0 Å². The molecule has 0 spiro atoms. The number of hydrogen-bond donors (Lipinski definition) is 0. The first-order valence-electron chi connectivity index (χ1n) is 9.79. The fourth-order valence-corrected chi connectivity index (χ4v) is 4.11. The van der Waals surface area contributed by atoms with Crippen molar-refractivity contribution in [1.82, 2.24) is 15.1 Å². The number of fused-ring (bicyclic) bond motifs is 2. The van der Waals surface area contributed by atoms with Crippen LogP contribution >= 0.6 is 0 Å². The highest BCUT2D eigenvalue weighted by Crippen LogP contribution is 2.32. The summed E-state index contributed by atoms with van der Waals surface area (Å²) in [6, 6.07) is 11.0. The monoisotopic (exact) mass is 422 g/mol. The van der Waals surface area contributed by atoms with Crippen LogP contribution in [0.2, 0.25) is 0 Å². The summed E-state index contributed by atoms with van der Waals surface area (Å²) in [4.78, 5) is 18.9. The number of hydrogen-bond acceptors (Lipinski definition) is 4. The lowest BCUT2D eigenvalue weighted by atomic mass is 9.91. The second-order valence-electron chi connectivity index (χ2n) is 7.70. The first-order valence-corrected chi connectivity index (χ1v) is 9.79. The Morgan fingerprint density at radius 1 is 1.00 bits per heavy atom. The van der Waals surface area contributed by atoms with Gasteiger partial charge < -0.3 is 4.90 Å². The van der Waals surface area contributed by atoms with Crippen LogP contribution in [-0.2, 0) is 37.0 Å². The number of benzene rings is 2. The van der Waals surface area contributed by atoms with Gasteiger partial charge in [-0.15, -0.1) is 0 Å². The van der Waals surface area contributed by atoms with Crippen LogP contribution in [0, 0.1) is 0 Å². The fraction of sp³-hybridized carbons (Fsp3) is 0.217. The van der Waals surface area contributed by atoms with Gasteiger partial charge in [0.05, 0.1) is 36.6 Å². The molecule has 3 aromatic rings. The smallest absolute Gasteiger partial charge is 0.334 e. The normalized spacial score (nSPS) is 15.5. The number of amides is 1. The van der Waals surface area contributed by atoms with Gasteiger partial charge in [0, 0.05) is 24.2 Å². The van der Waals surface area contributed by atoms with Crippen molar-refractivity contribution in [2.45, 2.75) is 32.2 Å². The number of carbonyl (C=O) groups excluding carboxylic acids is 1. The largest absolute Gasteiger partial charge is 0.416 e. The Bertz CT molecular complexity index is 1210. The average molecular weight is 422 g/mol. The number of halogens is 3. The zero-order valence-electron chi connectivity index (χ0n) is 16.4. The molecule has 1 amide bonds. The van der Waals surface area contributed by atoms with E-state index in [9.17, 15) is 18.0 Å². The van der Waals surface area contributed by atoms with Crippen molar-refractivity contribution in [3.8, 4) is 0 Å². The lowest BCUT2D eigenvalue weighted by Crippen LogP contribution is -2.36. The van der Waals surface area contributed by atoms with Crippen LogP contribution in [0.25, 0.3) is 0 Å². The van der Waals surface area contributed by atoms with Crippen molar-refractivity contribution in [3.05, 3.63) is 93.8 Å². The minimum absolute atomic E-state index is 0.0951. The van der Waals surface area contributed by atoms with Crippen molar-refractivity contribution in [2.75, 3.05) is 0 Å². The summed E-state index contributed by atoms with van der Waals surface area (Å²) >= 11 is 0. The number of aromatic nitrogens is 2. The van der Waals surface area contributed by atoms with Gasteiger partial charge in [-0.25, -0.2) is 0 Å². The second-order valence-corrected chi connectivity index (χ2v) is 7.70. The molecule has 0 radical (unpaired) electrons. The van der Waals surface area contributed by atoms with E-state index in [1.807, 2.05) is 18.2 Å². The third-order valence-corrected chi connectivity index (χ3v) is 5.63. The van der Waals surface area contributed by atoms with Gasteiger partial charge in [0.25, 0.3) is 0 Å². The van der Waals surface area contributed by atoms with E-state index in [-0.39, 0.29) is 18.9 Å². The van der Waals surface area contributed by atoms with E-state index in [2.05, 4.69) is 15.2 Å².